The summed E-state index contributed by atoms with van der Waals surface area (Å²) < 4.78 is 2.17. The lowest BCUT2D eigenvalue weighted by atomic mass is 10.1. The summed E-state index contributed by atoms with van der Waals surface area (Å²) in [5, 5.41) is 10.2. The van der Waals surface area contributed by atoms with Gasteiger partial charge in [0.15, 0.2) is 5.82 Å². The fraction of sp³-hybridized carbons (Fsp3) is 0.214. The van der Waals surface area contributed by atoms with Crippen molar-refractivity contribution < 1.29 is 0 Å². The van der Waals surface area contributed by atoms with Crippen molar-refractivity contribution in [1.82, 2.24) is 19.9 Å². The molecule has 5 aromatic rings. The highest BCUT2D eigenvalue weighted by Crippen LogP contribution is 2.35. The van der Waals surface area contributed by atoms with Crippen molar-refractivity contribution in [3.05, 3.63) is 88.0 Å². The van der Waals surface area contributed by atoms with E-state index in [-0.39, 0.29) is 0 Å². The Labute approximate surface area is 215 Å². The zero-order chi connectivity index (χ0) is 24.4. The molecule has 5 nitrogen and oxygen atoms in total. The Morgan fingerprint density at radius 2 is 1.66 bits per heavy atom. The zero-order valence-electron chi connectivity index (χ0n) is 19.8. The van der Waals surface area contributed by atoms with E-state index in [1.807, 2.05) is 43.4 Å². The van der Waals surface area contributed by atoms with Gasteiger partial charge in [-0.15, -0.1) is 0 Å². The predicted octanol–water partition coefficient (Wildman–Crippen LogP) is 6.94. The van der Waals surface area contributed by atoms with Crippen LogP contribution in [-0.2, 0) is 6.54 Å². The van der Waals surface area contributed by atoms with Crippen molar-refractivity contribution >= 4 is 50.8 Å². The van der Waals surface area contributed by atoms with E-state index in [9.17, 15) is 0 Å². The summed E-state index contributed by atoms with van der Waals surface area (Å²) in [7, 11) is 1.96. The van der Waals surface area contributed by atoms with Crippen LogP contribution in [0.4, 0.5) is 5.82 Å². The summed E-state index contributed by atoms with van der Waals surface area (Å²) in [6, 6.07) is 20.1. The third-order valence-corrected chi connectivity index (χ3v) is 6.74. The summed E-state index contributed by atoms with van der Waals surface area (Å²) >= 11 is 12.8. The summed E-state index contributed by atoms with van der Waals surface area (Å²) in [5.41, 5.74) is 5.14. The number of aryl methyl sites for hydroxylation is 1. The molecule has 0 saturated heterocycles. The minimum atomic E-state index is 0.666. The average molecular weight is 504 g/mol. The van der Waals surface area contributed by atoms with Gasteiger partial charge in [0, 0.05) is 40.6 Å². The molecule has 2 N–H and O–H groups in total. The minimum absolute atomic E-state index is 0.666. The van der Waals surface area contributed by atoms with Crippen LogP contribution < -0.4 is 10.6 Å². The zero-order valence-corrected chi connectivity index (χ0v) is 21.3. The number of fused-ring (bicyclic) bond motifs is 2. The molecule has 178 valence electrons. The SMILES string of the molecule is CNCCCNc1nc(-c2cn(Cc3ccc(Cl)cc3)c3c(Cl)cccc23)nc2c(C)cccc12. The van der Waals surface area contributed by atoms with Crippen molar-refractivity contribution in [2.75, 3.05) is 25.5 Å². The molecule has 0 saturated carbocycles. The van der Waals surface area contributed by atoms with Crippen molar-refractivity contribution in [3.63, 3.8) is 0 Å². The summed E-state index contributed by atoms with van der Waals surface area (Å²) in [4.78, 5) is 10.0. The molecule has 0 fully saturated rings. The molecule has 0 aliphatic heterocycles. The Balaban J connectivity index is 1.64. The van der Waals surface area contributed by atoms with E-state index in [0.29, 0.717) is 17.4 Å². The van der Waals surface area contributed by atoms with Crippen LogP contribution in [0, 0.1) is 6.92 Å². The normalized spacial score (nSPS) is 11.4. The van der Waals surface area contributed by atoms with Gasteiger partial charge in [-0.25, -0.2) is 9.97 Å². The second-order valence-corrected chi connectivity index (χ2v) is 9.53. The Morgan fingerprint density at radius 1 is 0.886 bits per heavy atom. The van der Waals surface area contributed by atoms with E-state index >= 15 is 0 Å². The highest BCUT2D eigenvalue weighted by atomic mass is 35.5. The minimum Gasteiger partial charge on any atom is -0.369 e. The molecule has 3 aromatic carbocycles. The quantitative estimate of drug-likeness (QED) is 0.225. The second kappa shape index (κ2) is 10.2. The van der Waals surface area contributed by atoms with Crippen molar-refractivity contribution in [3.8, 4) is 11.4 Å². The lowest BCUT2D eigenvalue weighted by molar-refractivity contribution is 0.747. The first-order valence-electron chi connectivity index (χ1n) is 11.7. The molecule has 0 aliphatic carbocycles. The van der Waals surface area contributed by atoms with Crippen LogP contribution in [0.2, 0.25) is 10.0 Å². The molecule has 0 radical (unpaired) electrons. The van der Waals surface area contributed by atoms with E-state index < -0.39 is 0 Å². The molecule has 0 atom stereocenters. The molecule has 0 bridgehead atoms. The van der Waals surface area contributed by atoms with E-state index in [1.54, 1.807) is 0 Å². The summed E-state index contributed by atoms with van der Waals surface area (Å²) in [6.45, 7) is 4.52. The van der Waals surface area contributed by atoms with Crippen molar-refractivity contribution in [1.29, 1.82) is 0 Å². The van der Waals surface area contributed by atoms with E-state index in [2.05, 4.69) is 52.6 Å². The number of halogens is 2. The molecule has 5 rings (SSSR count). The Kier molecular flexibility index (Phi) is 6.91. The lowest BCUT2D eigenvalue weighted by Crippen LogP contribution is -2.14. The number of hydrogen-bond acceptors (Lipinski definition) is 4. The third kappa shape index (κ3) is 4.85. The maximum Gasteiger partial charge on any atom is 0.164 e. The number of aromatic nitrogens is 3. The number of anilines is 1. The van der Waals surface area contributed by atoms with Crippen LogP contribution >= 0.6 is 23.2 Å². The van der Waals surface area contributed by atoms with Gasteiger partial charge in [0.05, 0.1) is 16.1 Å². The standard InChI is InChI=1S/C28H27Cl2N5/c1-18-6-3-8-22-25(18)33-28(34-27(22)32-15-5-14-31-2)23-17-35(16-19-10-12-20(29)13-11-19)26-21(23)7-4-9-24(26)30/h3-4,6-13,17,31H,5,14-16H2,1-2H3,(H,32,33,34). The maximum atomic E-state index is 6.70. The molecular weight excluding hydrogens is 477 g/mol. The molecule has 0 unspecified atom stereocenters. The first kappa shape index (κ1) is 23.6. The van der Waals surface area contributed by atoms with Gasteiger partial charge in [-0.05, 0) is 62.3 Å². The van der Waals surface area contributed by atoms with Gasteiger partial charge in [0.25, 0.3) is 0 Å². The fourth-order valence-corrected chi connectivity index (χ4v) is 4.84. The van der Waals surface area contributed by atoms with Crippen LogP contribution in [0.25, 0.3) is 33.2 Å². The maximum absolute atomic E-state index is 6.70. The molecular formula is C28H27Cl2N5. The number of nitrogens with zero attached hydrogens (tertiary/aromatic N) is 3. The molecule has 2 aromatic heterocycles. The molecule has 7 heteroatoms. The van der Waals surface area contributed by atoms with Gasteiger partial charge in [-0.3, -0.25) is 0 Å². The summed E-state index contributed by atoms with van der Waals surface area (Å²) in [5.74, 6) is 1.54. The Morgan fingerprint density at radius 3 is 2.46 bits per heavy atom. The first-order valence-corrected chi connectivity index (χ1v) is 12.5. The largest absolute Gasteiger partial charge is 0.369 e. The topological polar surface area (TPSA) is 54.8 Å². The predicted molar refractivity (Wildman–Crippen MR) is 148 cm³/mol. The lowest BCUT2D eigenvalue weighted by Gasteiger charge is -2.12. The van der Waals surface area contributed by atoms with E-state index in [4.69, 9.17) is 33.2 Å². The van der Waals surface area contributed by atoms with Crippen molar-refractivity contribution in [2.45, 2.75) is 19.9 Å². The van der Waals surface area contributed by atoms with Gasteiger partial charge in [-0.1, -0.05) is 59.6 Å². The fourth-order valence-electron chi connectivity index (χ4n) is 4.43. The average Bonchev–Trinajstić information content (AvgIpc) is 3.23. The molecule has 2 heterocycles. The molecule has 0 aliphatic rings. The molecule has 35 heavy (non-hydrogen) atoms. The van der Waals surface area contributed by atoms with Crippen molar-refractivity contribution in [2.24, 2.45) is 0 Å². The Hall–Kier alpha value is -3.12. The highest BCUT2D eigenvalue weighted by Gasteiger charge is 2.18. The number of hydrogen-bond donors (Lipinski definition) is 2. The smallest absolute Gasteiger partial charge is 0.164 e. The van der Waals surface area contributed by atoms with Crippen LogP contribution in [-0.4, -0.2) is 34.7 Å². The second-order valence-electron chi connectivity index (χ2n) is 8.68. The van der Waals surface area contributed by atoms with Crippen LogP contribution in [0.1, 0.15) is 17.5 Å². The highest BCUT2D eigenvalue weighted by molar-refractivity contribution is 6.35. The molecule has 0 amide bonds. The third-order valence-electron chi connectivity index (χ3n) is 6.18. The van der Waals surface area contributed by atoms with Gasteiger partial charge in [-0.2, -0.15) is 0 Å². The van der Waals surface area contributed by atoms with Gasteiger partial charge >= 0.3 is 0 Å². The van der Waals surface area contributed by atoms with Gasteiger partial charge < -0.3 is 15.2 Å². The number of nitrogens with one attached hydrogen (secondary N) is 2. The van der Waals surface area contributed by atoms with E-state index in [0.717, 1.165) is 68.8 Å². The summed E-state index contributed by atoms with van der Waals surface area (Å²) in [6.07, 6.45) is 3.11. The van der Waals surface area contributed by atoms with Crippen LogP contribution in [0.3, 0.4) is 0 Å². The number of benzene rings is 3. The first-order chi connectivity index (χ1) is 17.0. The Bertz CT molecular complexity index is 1490. The number of rotatable bonds is 8. The molecule has 0 spiro atoms. The van der Waals surface area contributed by atoms with Crippen LogP contribution in [0.15, 0.2) is 66.9 Å². The number of para-hydroxylation sites is 2. The van der Waals surface area contributed by atoms with Gasteiger partial charge in [0.1, 0.15) is 5.82 Å². The van der Waals surface area contributed by atoms with Crippen LogP contribution in [0.5, 0.6) is 0 Å². The monoisotopic (exact) mass is 503 g/mol. The van der Waals surface area contributed by atoms with Gasteiger partial charge in [0.2, 0.25) is 0 Å². The van der Waals surface area contributed by atoms with E-state index in [1.165, 1.54) is 0 Å².